The number of hydrogen-bond acceptors (Lipinski definition) is 3. The van der Waals surface area contributed by atoms with Gasteiger partial charge in [-0.1, -0.05) is 24.0 Å². The van der Waals surface area contributed by atoms with Crippen molar-refractivity contribution in [2.75, 3.05) is 6.61 Å². The molecule has 1 aromatic carbocycles. The second-order valence-corrected chi connectivity index (χ2v) is 4.67. The fraction of sp³-hybridized carbons (Fsp3) is 0.235. The molecule has 0 fully saturated rings. The highest BCUT2D eigenvalue weighted by Crippen LogP contribution is 2.15. The van der Waals surface area contributed by atoms with Crippen molar-refractivity contribution < 1.29 is 14.3 Å². The number of amides is 1. The van der Waals surface area contributed by atoms with Gasteiger partial charge < -0.3 is 14.8 Å². The first kappa shape index (κ1) is 14.9. The maximum atomic E-state index is 12.1. The summed E-state index contributed by atoms with van der Waals surface area (Å²) in [6.45, 7) is 3.52. The highest BCUT2D eigenvalue weighted by molar-refractivity contribution is 5.95. The Morgan fingerprint density at radius 2 is 2.05 bits per heavy atom. The molecule has 4 heteroatoms. The molecule has 0 saturated carbocycles. The normalized spacial score (nSPS) is 11.4. The van der Waals surface area contributed by atoms with Crippen molar-refractivity contribution in [2.24, 2.45) is 0 Å². The van der Waals surface area contributed by atoms with Crippen molar-refractivity contribution in [1.29, 1.82) is 0 Å². The second-order valence-electron chi connectivity index (χ2n) is 4.67. The van der Waals surface area contributed by atoms with Crippen molar-refractivity contribution in [2.45, 2.75) is 19.9 Å². The lowest BCUT2D eigenvalue weighted by atomic mass is 10.1. The zero-order valence-electron chi connectivity index (χ0n) is 12.0. The first-order valence-electron chi connectivity index (χ1n) is 6.66. The number of hydrogen-bond donors (Lipinski definition) is 2. The lowest BCUT2D eigenvalue weighted by Crippen LogP contribution is -2.26. The van der Waals surface area contributed by atoms with Crippen LogP contribution in [0.25, 0.3) is 0 Å². The van der Waals surface area contributed by atoms with Crippen molar-refractivity contribution in [1.82, 2.24) is 5.32 Å². The highest BCUT2D eigenvalue weighted by atomic mass is 16.3. The Morgan fingerprint density at radius 3 is 2.62 bits per heavy atom. The fourth-order valence-corrected chi connectivity index (χ4v) is 1.97. The molecule has 1 amide bonds. The van der Waals surface area contributed by atoms with Crippen LogP contribution in [0.2, 0.25) is 0 Å². The molecule has 4 nitrogen and oxygen atoms in total. The molecule has 1 unspecified atom stereocenters. The van der Waals surface area contributed by atoms with Crippen LogP contribution < -0.4 is 5.32 Å². The Morgan fingerprint density at radius 1 is 1.33 bits per heavy atom. The van der Waals surface area contributed by atoms with E-state index in [2.05, 4.69) is 17.2 Å². The third-order valence-electron chi connectivity index (χ3n) is 3.17. The maximum absolute atomic E-state index is 12.1. The standard InChI is InChI=1S/C17H17NO3/c1-12(18-17(20)16-9-11-21-13(16)2)15-7-5-14(6-8-15)4-3-10-19/h5-9,11-12,19H,10H2,1-2H3,(H,18,20). The molecule has 0 spiro atoms. The number of aliphatic hydroxyl groups is 1. The SMILES string of the molecule is Cc1occc1C(=O)NC(C)c1ccc(C#CCO)cc1. The number of aliphatic hydroxyl groups excluding tert-OH is 1. The molecule has 0 aliphatic rings. The molecule has 2 rings (SSSR count). The molecule has 2 aromatic rings. The highest BCUT2D eigenvalue weighted by Gasteiger charge is 2.14. The maximum Gasteiger partial charge on any atom is 0.255 e. The van der Waals surface area contributed by atoms with E-state index in [1.807, 2.05) is 31.2 Å². The number of carbonyl (C=O) groups is 1. The van der Waals surface area contributed by atoms with Gasteiger partial charge in [-0.25, -0.2) is 0 Å². The Balaban J connectivity index is 2.05. The first-order valence-corrected chi connectivity index (χ1v) is 6.66. The van der Waals surface area contributed by atoms with Crippen LogP contribution in [-0.4, -0.2) is 17.6 Å². The van der Waals surface area contributed by atoms with E-state index in [9.17, 15) is 4.79 Å². The summed E-state index contributed by atoms with van der Waals surface area (Å²) in [5.74, 6) is 5.88. The van der Waals surface area contributed by atoms with Gasteiger partial charge in [0.05, 0.1) is 17.9 Å². The van der Waals surface area contributed by atoms with E-state index in [-0.39, 0.29) is 18.6 Å². The van der Waals surface area contributed by atoms with E-state index in [0.717, 1.165) is 11.1 Å². The van der Waals surface area contributed by atoms with Gasteiger partial charge in [0.25, 0.3) is 5.91 Å². The molecule has 0 saturated heterocycles. The van der Waals surface area contributed by atoms with Crippen LogP contribution in [0.15, 0.2) is 41.0 Å². The van der Waals surface area contributed by atoms with Gasteiger partial charge in [-0.2, -0.15) is 0 Å². The van der Waals surface area contributed by atoms with Crippen LogP contribution in [0.1, 0.15) is 40.2 Å². The Kier molecular flexibility index (Phi) is 4.81. The molecular weight excluding hydrogens is 266 g/mol. The zero-order valence-corrected chi connectivity index (χ0v) is 12.0. The zero-order chi connectivity index (χ0) is 15.2. The predicted molar refractivity (Wildman–Crippen MR) is 79.7 cm³/mol. The average Bonchev–Trinajstić information content (AvgIpc) is 2.91. The number of aryl methyl sites for hydroxylation is 1. The molecular formula is C17H17NO3. The third kappa shape index (κ3) is 3.74. The van der Waals surface area contributed by atoms with Crippen molar-refractivity contribution >= 4 is 5.91 Å². The fourth-order valence-electron chi connectivity index (χ4n) is 1.97. The van der Waals surface area contributed by atoms with Gasteiger partial charge in [0.2, 0.25) is 0 Å². The molecule has 0 radical (unpaired) electrons. The minimum absolute atomic E-state index is 0.119. The first-order chi connectivity index (χ1) is 10.1. The summed E-state index contributed by atoms with van der Waals surface area (Å²) < 4.78 is 5.13. The topological polar surface area (TPSA) is 62.5 Å². The van der Waals surface area contributed by atoms with E-state index in [0.29, 0.717) is 11.3 Å². The molecule has 21 heavy (non-hydrogen) atoms. The van der Waals surface area contributed by atoms with E-state index in [1.54, 1.807) is 13.0 Å². The molecule has 1 heterocycles. The molecule has 1 atom stereocenters. The van der Waals surface area contributed by atoms with E-state index in [1.165, 1.54) is 6.26 Å². The lowest BCUT2D eigenvalue weighted by Gasteiger charge is -2.14. The lowest BCUT2D eigenvalue weighted by molar-refractivity contribution is 0.0938. The Hall–Kier alpha value is -2.51. The van der Waals surface area contributed by atoms with Gasteiger partial charge in [-0.3, -0.25) is 4.79 Å². The van der Waals surface area contributed by atoms with Crippen molar-refractivity contribution in [3.63, 3.8) is 0 Å². The van der Waals surface area contributed by atoms with Gasteiger partial charge >= 0.3 is 0 Å². The van der Waals surface area contributed by atoms with E-state index >= 15 is 0 Å². The number of furan rings is 1. The van der Waals surface area contributed by atoms with Crippen LogP contribution >= 0.6 is 0 Å². The molecule has 0 bridgehead atoms. The van der Waals surface area contributed by atoms with E-state index in [4.69, 9.17) is 9.52 Å². The third-order valence-corrected chi connectivity index (χ3v) is 3.17. The van der Waals surface area contributed by atoms with Gasteiger partial charge in [-0.15, -0.1) is 0 Å². The summed E-state index contributed by atoms with van der Waals surface area (Å²) in [5, 5.41) is 11.6. The summed E-state index contributed by atoms with van der Waals surface area (Å²) in [6.07, 6.45) is 1.50. The largest absolute Gasteiger partial charge is 0.469 e. The predicted octanol–water partition coefficient (Wildman–Crippen LogP) is 2.42. The number of nitrogens with one attached hydrogen (secondary N) is 1. The molecule has 0 aliphatic carbocycles. The summed E-state index contributed by atoms with van der Waals surface area (Å²) in [6, 6.07) is 9.09. The van der Waals surface area contributed by atoms with Crippen LogP contribution in [0.5, 0.6) is 0 Å². The van der Waals surface area contributed by atoms with Crippen LogP contribution in [0.3, 0.4) is 0 Å². The van der Waals surface area contributed by atoms with Gasteiger partial charge in [-0.05, 0) is 37.6 Å². The summed E-state index contributed by atoms with van der Waals surface area (Å²) in [7, 11) is 0. The number of rotatable bonds is 3. The smallest absolute Gasteiger partial charge is 0.255 e. The van der Waals surface area contributed by atoms with E-state index < -0.39 is 0 Å². The number of carbonyl (C=O) groups excluding carboxylic acids is 1. The number of benzene rings is 1. The van der Waals surface area contributed by atoms with Crippen LogP contribution in [0, 0.1) is 18.8 Å². The van der Waals surface area contributed by atoms with Crippen molar-refractivity contribution in [3.8, 4) is 11.8 Å². The van der Waals surface area contributed by atoms with Crippen LogP contribution in [-0.2, 0) is 0 Å². The monoisotopic (exact) mass is 283 g/mol. The summed E-state index contributed by atoms with van der Waals surface area (Å²) in [4.78, 5) is 12.1. The minimum Gasteiger partial charge on any atom is -0.469 e. The minimum atomic E-state index is -0.155. The quantitative estimate of drug-likeness (QED) is 0.850. The molecule has 1 aromatic heterocycles. The Bertz CT molecular complexity index is 674. The molecule has 108 valence electrons. The van der Waals surface area contributed by atoms with Crippen LogP contribution in [0.4, 0.5) is 0 Å². The second kappa shape index (κ2) is 6.78. The van der Waals surface area contributed by atoms with Crippen molar-refractivity contribution in [3.05, 3.63) is 59.0 Å². The molecule has 2 N–H and O–H groups in total. The summed E-state index contributed by atoms with van der Waals surface area (Å²) in [5.41, 5.74) is 2.36. The summed E-state index contributed by atoms with van der Waals surface area (Å²) >= 11 is 0. The van der Waals surface area contributed by atoms with Gasteiger partial charge in [0.1, 0.15) is 12.4 Å². The molecule has 0 aliphatic heterocycles. The Labute approximate surface area is 123 Å². The van der Waals surface area contributed by atoms with Gasteiger partial charge in [0.15, 0.2) is 0 Å². The average molecular weight is 283 g/mol. The van der Waals surface area contributed by atoms with Gasteiger partial charge in [0, 0.05) is 5.56 Å².